The largest absolute Gasteiger partial charge is 0.292 e. The van der Waals surface area contributed by atoms with Crippen molar-refractivity contribution in [3.05, 3.63) is 36.1 Å². The fraction of sp³-hybridized carbons (Fsp3) is 0.364. The van der Waals surface area contributed by atoms with Gasteiger partial charge in [-0.25, -0.2) is 0 Å². The van der Waals surface area contributed by atoms with Crippen molar-refractivity contribution in [1.82, 2.24) is 4.42 Å². The van der Waals surface area contributed by atoms with E-state index < -0.39 is 0 Å². The maximum absolute atomic E-state index is 11.3. The van der Waals surface area contributed by atoms with Crippen LogP contribution < -0.4 is 0 Å². The number of rotatable bonds is 4. The van der Waals surface area contributed by atoms with Crippen molar-refractivity contribution in [1.29, 1.82) is 0 Å². The molecule has 0 saturated heterocycles. The van der Waals surface area contributed by atoms with Crippen LogP contribution in [0, 0.1) is 0 Å². The highest BCUT2D eigenvalue weighted by atomic mass is 35.5. The van der Waals surface area contributed by atoms with Crippen molar-refractivity contribution in [2.45, 2.75) is 19.8 Å². The van der Waals surface area contributed by atoms with Gasteiger partial charge in [-0.1, -0.05) is 25.5 Å². The molecular weight excluding hydrogens is 198 g/mol. The molecule has 0 fully saturated rings. The van der Waals surface area contributed by atoms with Gasteiger partial charge in [-0.05, 0) is 18.6 Å². The number of carbonyl (C=O) groups excluding carboxylic acids is 1. The van der Waals surface area contributed by atoms with Crippen molar-refractivity contribution in [3.63, 3.8) is 0 Å². The minimum Gasteiger partial charge on any atom is -0.292 e. The Bertz CT molecular complexity index is 292. The molecular formula is C11H14ClNO. The van der Waals surface area contributed by atoms with Crippen LogP contribution in [-0.4, -0.2) is 16.7 Å². The van der Waals surface area contributed by atoms with Crippen LogP contribution >= 0.6 is 11.8 Å². The lowest BCUT2D eigenvalue weighted by atomic mass is 10.1. The number of ketones is 1. The van der Waals surface area contributed by atoms with Crippen molar-refractivity contribution < 1.29 is 4.79 Å². The SMILES string of the molecule is CCCCN(Cl)/C=C1/C=CC=CC1=O. The van der Waals surface area contributed by atoms with E-state index in [1.54, 1.807) is 22.8 Å². The number of carbonyl (C=O) groups is 1. The van der Waals surface area contributed by atoms with Gasteiger partial charge >= 0.3 is 0 Å². The summed E-state index contributed by atoms with van der Waals surface area (Å²) in [4.78, 5) is 11.3. The fourth-order valence-electron chi connectivity index (χ4n) is 1.11. The number of unbranched alkanes of at least 4 members (excludes halogenated alkanes) is 1. The molecule has 0 radical (unpaired) electrons. The molecule has 1 aliphatic carbocycles. The van der Waals surface area contributed by atoms with E-state index in [1.807, 2.05) is 6.08 Å². The lowest BCUT2D eigenvalue weighted by molar-refractivity contribution is -0.111. The quantitative estimate of drug-likeness (QED) is 0.527. The van der Waals surface area contributed by atoms with Gasteiger partial charge in [0, 0.05) is 30.1 Å². The zero-order valence-electron chi connectivity index (χ0n) is 8.24. The second-order valence-electron chi connectivity index (χ2n) is 3.14. The first-order valence-corrected chi connectivity index (χ1v) is 5.11. The first-order valence-electron chi connectivity index (χ1n) is 4.77. The molecule has 0 spiro atoms. The third kappa shape index (κ3) is 3.38. The summed E-state index contributed by atoms with van der Waals surface area (Å²) in [5.74, 6) is 0.00893. The Morgan fingerprint density at radius 3 is 2.79 bits per heavy atom. The summed E-state index contributed by atoms with van der Waals surface area (Å²) in [6, 6.07) is 0. The van der Waals surface area contributed by atoms with E-state index in [9.17, 15) is 4.79 Å². The Morgan fingerprint density at radius 2 is 2.14 bits per heavy atom. The Kier molecular flexibility index (Phi) is 4.47. The molecule has 1 aliphatic rings. The summed E-state index contributed by atoms with van der Waals surface area (Å²) in [7, 11) is 0. The van der Waals surface area contributed by atoms with E-state index in [0.29, 0.717) is 5.57 Å². The third-order valence-electron chi connectivity index (χ3n) is 1.92. The van der Waals surface area contributed by atoms with Gasteiger partial charge in [0.2, 0.25) is 0 Å². The van der Waals surface area contributed by atoms with Gasteiger partial charge in [0.05, 0.1) is 0 Å². The molecule has 0 aromatic heterocycles. The normalized spacial score (nSPS) is 17.9. The minimum atomic E-state index is 0.00893. The first-order chi connectivity index (χ1) is 6.74. The average Bonchev–Trinajstić information content (AvgIpc) is 2.18. The molecule has 2 nitrogen and oxygen atoms in total. The van der Waals surface area contributed by atoms with Crippen LogP contribution in [0.4, 0.5) is 0 Å². The van der Waals surface area contributed by atoms with Gasteiger partial charge in [0.25, 0.3) is 0 Å². The van der Waals surface area contributed by atoms with Crippen LogP contribution in [0.1, 0.15) is 19.8 Å². The molecule has 0 amide bonds. The number of hydrogen-bond donors (Lipinski definition) is 0. The summed E-state index contributed by atoms with van der Waals surface area (Å²) >= 11 is 5.90. The Balaban J connectivity index is 2.54. The van der Waals surface area contributed by atoms with Gasteiger partial charge in [-0.15, -0.1) is 0 Å². The summed E-state index contributed by atoms with van der Waals surface area (Å²) in [6.07, 6.45) is 10.7. The van der Waals surface area contributed by atoms with E-state index in [0.717, 1.165) is 19.4 Å². The zero-order valence-corrected chi connectivity index (χ0v) is 9.00. The van der Waals surface area contributed by atoms with Crippen molar-refractivity contribution in [2.75, 3.05) is 6.54 Å². The van der Waals surface area contributed by atoms with Crippen LogP contribution in [-0.2, 0) is 4.79 Å². The summed E-state index contributed by atoms with van der Waals surface area (Å²) in [5, 5.41) is 0. The van der Waals surface area contributed by atoms with E-state index in [-0.39, 0.29) is 5.78 Å². The molecule has 0 saturated carbocycles. The molecule has 0 aliphatic heterocycles. The lowest BCUT2D eigenvalue weighted by Gasteiger charge is -2.11. The summed E-state index contributed by atoms with van der Waals surface area (Å²) < 4.78 is 1.54. The van der Waals surface area contributed by atoms with E-state index in [4.69, 9.17) is 11.8 Å². The number of allylic oxidation sites excluding steroid dienone is 5. The molecule has 0 heterocycles. The van der Waals surface area contributed by atoms with Crippen LogP contribution in [0.15, 0.2) is 36.1 Å². The molecule has 14 heavy (non-hydrogen) atoms. The van der Waals surface area contributed by atoms with Crippen molar-refractivity contribution in [2.24, 2.45) is 0 Å². The maximum atomic E-state index is 11.3. The van der Waals surface area contributed by atoms with Crippen LogP contribution in [0.25, 0.3) is 0 Å². The smallest absolute Gasteiger partial charge is 0.187 e. The number of hydrogen-bond acceptors (Lipinski definition) is 2. The standard InChI is InChI=1S/C11H14ClNO/c1-2-3-8-13(12)9-10-6-4-5-7-11(10)14/h4-7,9H,2-3,8H2,1H3/b10-9-. The first kappa shape index (κ1) is 11.1. The average molecular weight is 212 g/mol. The Labute approximate surface area is 89.7 Å². The van der Waals surface area contributed by atoms with Gasteiger partial charge in [0.15, 0.2) is 5.78 Å². The molecule has 0 bridgehead atoms. The topological polar surface area (TPSA) is 20.3 Å². The van der Waals surface area contributed by atoms with Gasteiger partial charge in [0.1, 0.15) is 0 Å². The zero-order chi connectivity index (χ0) is 10.4. The fourth-order valence-corrected chi connectivity index (χ4v) is 1.34. The molecule has 0 unspecified atom stereocenters. The molecule has 0 atom stereocenters. The van der Waals surface area contributed by atoms with Crippen LogP contribution in [0.3, 0.4) is 0 Å². The highest BCUT2D eigenvalue weighted by molar-refractivity contribution is 6.15. The molecule has 0 aromatic carbocycles. The monoisotopic (exact) mass is 211 g/mol. The highest BCUT2D eigenvalue weighted by Crippen LogP contribution is 2.10. The molecule has 76 valence electrons. The summed E-state index contributed by atoms with van der Waals surface area (Å²) in [5.41, 5.74) is 0.638. The van der Waals surface area contributed by atoms with E-state index in [1.165, 1.54) is 6.08 Å². The Morgan fingerprint density at radius 1 is 1.43 bits per heavy atom. The molecule has 3 heteroatoms. The minimum absolute atomic E-state index is 0.00893. The Hall–Kier alpha value is -1.02. The molecule has 0 N–H and O–H groups in total. The second kappa shape index (κ2) is 5.66. The van der Waals surface area contributed by atoms with Crippen LogP contribution in [0.2, 0.25) is 0 Å². The van der Waals surface area contributed by atoms with E-state index in [2.05, 4.69) is 6.92 Å². The highest BCUT2D eigenvalue weighted by Gasteiger charge is 2.06. The van der Waals surface area contributed by atoms with Crippen LogP contribution in [0.5, 0.6) is 0 Å². The van der Waals surface area contributed by atoms with Crippen molar-refractivity contribution in [3.8, 4) is 0 Å². The summed E-state index contributed by atoms with van der Waals surface area (Å²) in [6.45, 7) is 2.87. The predicted octanol–water partition coefficient (Wildman–Crippen LogP) is 2.82. The van der Waals surface area contributed by atoms with Gasteiger partial charge in [-0.2, -0.15) is 0 Å². The van der Waals surface area contributed by atoms with Gasteiger partial charge in [-0.3, -0.25) is 9.21 Å². The lowest BCUT2D eigenvalue weighted by Crippen LogP contribution is -2.09. The maximum Gasteiger partial charge on any atom is 0.187 e. The second-order valence-corrected chi connectivity index (χ2v) is 3.58. The van der Waals surface area contributed by atoms with Gasteiger partial charge < -0.3 is 0 Å². The number of halogens is 1. The number of nitrogens with zero attached hydrogens (tertiary/aromatic N) is 1. The molecule has 1 rings (SSSR count). The van der Waals surface area contributed by atoms with E-state index >= 15 is 0 Å². The molecule has 0 aromatic rings. The third-order valence-corrected chi connectivity index (χ3v) is 2.19. The van der Waals surface area contributed by atoms with Crippen molar-refractivity contribution >= 4 is 17.6 Å². The predicted molar refractivity (Wildman–Crippen MR) is 58.8 cm³/mol.